The van der Waals surface area contributed by atoms with E-state index in [1.165, 1.54) is 0 Å². The summed E-state index contributed by atoms with van der Waals surface area (Å²) in [6.07, 6.45) is 0. The molecule has 0 bridgehead atoms. The molecule has 3 aromatic carbocycles. The molecular weight excluding hydrogens is 560 g/mol. The van der Waals surface area contributed by atoms with E-state index in [0.717, 1.165) is 11.1 Å². The van der Waals surface area contributed by atoms with E-state index >= 15 is 0 Å². The molecule has 0 heterocycles. The summed E-state index contributed by atoms with van der Waals surface area (Å²) in [6.45, 7) is 9.87. The smallest absolute Gasteiger partial charge is 0.338 e. The molecule has 0 fully saturated rings. The number of carbonyl (C=O) groups is 1. The molecule has 1 amide bonds. The van der Waals surface area contributed by atoms with Crippen molar-refractivity contribution in [3.63, 3.8) is 0 Å². The molecule has 0 saturated heterocycles. The van der Waals surface area contributed by atoms with Crippen molar-refractivity contribution < 1.29 is 60.1 Å². The number of nitrogens with one attached hydrogen (secondary N) is 1. The number of aryl methyl sites for hydroxylation is 2. The molecule has 0 aliphatic heterocycles. The zero-order valence-corrected chi connectivity index (χ0v) is 23.1. The number of amides is 1. The predicted molar refractivity (Wildman–Crippen MR) is 127 cm³/mol. The first kappa shape index (κ1) is 31.6. The second kappa shape index (κ2) is 15.0. The molecule has 0 spiro atoms. The van der Waals surface area contributed by atoms with E-state index in [1.807, 2.05) is 32.0 Å². The van der Waals surface area contributed by atoms with Crippen LogP contribution in [0.15, 0.2) is 60.7 Å². The molecule has 3 rings (SSSR count). The number of nitrogens with zero attached hydrogens (tertiary/aromatic N) is 2. The van der Waals surface area contributed by atoms with Crippen LogP contribution in [-0.2, 0) is 32.7 Å². The number of benzene rings is 3. The number of nitriles is 1. The van der Waals surface area contributed by atoms with E-state index in [4.69, 9.17) is 16.0 Å². The van der Waals surface area contributed by atoms with E-state index in [9.17, 15) is 23.2 Å². The Morgan fingerprint density at radius 2 is 1.73 bits per heavy atom. The van der Waals surface area contributed by atoms with Crippen molar-refractivity contribution in [2.75, 3.05) is 6.61 Å². The van der Waals surface area contributed by atoms with Gasteiger partial charge in [-0.25, -0.2) is 6.57 Å². The SMILES string of the molecule is F[C-](F)F.[C-]#[N+]C(C)(COc1cc(C#N)ccc1Oc1ccc(C)cc1C)NC(=O)c1cc[c-]cc1.[Y]. The molecule has 0 aromatic heterocycles. The van der Waals surface area contributed by atoms with Crippen molar-refractivity contribution >= 4 is 5.91 Å². The third-order valence-corrected chi connectivity index (χ3v) is 4.74. The van der Waals surface area contributed by atoms with Gasteiger partial charge in [0.05, 0.1) is 11.6 Å². The van der Waals surface area contributed by atoms with Crippen LogP contribution in [0.3, 0.4) is 0 Å². The number of rotatable bonds is 7. The van der Waals surface area contributed by atoms with Crippen molar-refractivity contribution in [3.05, 3.63) is 107 Å². The number of ether oxygens (including phenoxy) is 2. The van der Waals surface area contributed by atoms with E-state index in [1.54, 1.807) is 49.4 Å². The Hall–Kier alpha value is -3.40. The summed E-state index contributed by atoms with van der Waals surface area (Å²) in [4.78, 5) is 16.1. The van der Waals surface area contributed by atoms with Crippen LogP contribution in [0.25, 0.3) is 4.85 Å². The molecule has 1 radical (unpaired) electrons. The molecule has 1 N–H and O–H groups in total. The minimum absolute atomic E-state index is 0. The molecule has 0 aliphatic rings. The van der Waals surface area contributed by atoms with Crippen molar-refractivity contribution in [3.8, 4) is 23.3 Å². The Labute approximate surface area is 239 Å². The van der Waals surface area contributed by atoms with Crippen LogP contribution >= 0.6 is 0 Å². The van der Waals surface area contributed by atoms with Crippen molar-refractivity contribution in [1.29, 1.82) is 5.26 Å². The molecule has 1 atom stereocenters. The molecule has 37 heavy (non-hydrogen) atoms. The van der Waals surface area contributed by atoms with Gasteiger partial charge in [0, 0.05) is 45.7 Å². The van der Waals surface area contributed by atoms with E-state index in [0.29, 0.717) is 28.4 Å². The average molecular weight is 582 g/mol. The Bertz CT molecular complexity index is 1270. The van der Waals surface area contributed by atoms with Gasteiger partial charge in [-0.2, -0.15) is 35.6 Å². The molecule has 1 unspecified atom stereocenters. The van der Waals surface area contributed by atoms with E-state index in [-0.39, 0.29) is 39.3 Å². The summed E-state index contributed by atoms with van der Waals surface area (Å²) in [5, 5.41) is 12.0. The van der Waals surface area contributed by atoms with Crippen LogP contribution in [0.4, 0.5) is 13.2 Å². The van der Waals surface area contributed by atoms with Crippen molar-refractivity contribution in [2.24, 2.45) is 0 Å². The Kier molecular flexibility index (Phi) is 12.8. The van der Waals surface area contributed by atoms with Gasteiger partial charge in [-0.1, -0.05) is 23.3 Å². The fourth-order valence-corrected chi connectivity index (χ4v) is 2.98. The first-order valence-electron chi connectivity index (χ1n) is 10.5. The van der Waals surface area contributed by atoms with Gasteiger partial charge >= 0.3 is 5.66 Å². The third kappa shape index (κ3) is 10.2. The van der Waals surface area contributed by atoms with E-state index in [2.05, 4.69) is 22.3 Å². The fraction of sp³-hybridized carbons (Fsp3) is 0.185. The molecule has 189 valence electrons. The Morgan fingerprint density at radius 1 is 1.11 bits per heavy atom. The summed E-state index contributed by atoms with van der Waals surface area (Å²) < 4.78 is 40.7. The Morgan fingerprint density at radius 3 is 2.30 bits per heavy atom. The Balaban J connectivity index is 0.00000127. The summed E-state index contributed by atoms with van der Waals surface area (Å²) in [7, 11) is 0. The largest absolute Gasteiger partial charge is 0.479 e. The topological polar surface area (TPSA) is 75.7 Å². The maximum absolute atomic E-state index is 12.5. The zero-order valence-electron chi connectivity index (χ0n) is 20.3. The summed E-state index contributed by atoms with van der Waals surface area (Å²) >= 11 is 0. The number of hydrogen-bond acceptors (Lipinski definition) is 4. The van der Waals surface area contributed by atoms with Crippen LogP contribution in [-0.4, -0.2) is 18.2 Å². The van der Waals surface area contributed by atoms with Crippen molar-refractivity contribution in [1.82, 2.24) is 5.32 Å². The van der Waals surface area contributed by atoms with Gasteiger partial charge in [0.2, 0.25) is 5.91 Å². The third-order valence-electron chi connectivity index (χ3n) is 4.74. The molecule has 0 saturated carbocycles. The van der Waals surface area contributed by atoms with Gasteiger partial charge in [0.25, 0.3) is 0 Å². The molecule has 10 heteroatoms. The van der Waals surface area contributed by atoms with Crippen LogP contribution in [0.5, 0.6) is 17.2 Å². The molecule has 3 aromatic rings. The van der Waals surface area contributed by atoms with Crippen LogP contribution in [0.2, 0.25) is 0 Å². The van der Waals surface area contributed by atoms with E-state index < -0.39 is 18.2 Å². The number of carbonyl (C=O) groups excluding carboxylic acids is 1. The minimum Gasteiger partial charge on any atom is -0.479 e. The number of hydrogen-bond donors (Lipinski definition) is 1. The van der Waals surface area contributed by atoms with Gasteiger partial charge < -0.3 is 22.6 Å². The first-order valence-corrected chi connectivity index (χ1v) is 10.5. The molecule has 0 aliphatic carbocycles. The maximum atomic E-state index is 12.5. The van der Waals surface area contributed by atoms with Gasteiger partial charge in [0.15, 0.2) is 24.8 Å². The quantitative estimate of drug-likeness (QED) is 0.321. The molecule has 6 nitrogen and oxygen atoms in total. The first-order chi connectivity index (χ1) is 17.1. The fourth-order valence-electron chi connectivity index (χ4n) is 2.98. The second-order valence-corrected chi connectivity index (χ2v) is 7.78. The summed E-state index contributed by atoms with van der Waals surface area (Å²) in [5.41, 5.74) is 1.56. The van der Waals surface area contributed by atoms with Crippen LogP contribution in [0.1, 0.15) is 34.0 Å². The minimum atomic E-state index is -3.08. The van der Waals surface area contributed by atoms with Gasteiger partial charge in [-0.15, -0.1) is 0 Å². The summed E-state index contributed by atoms with van der Waals surface area (Å²) in [6, 6.07) is 22.1. The molecular formula is C27H22F3N3O3Y-2. The zero-order chi connectivity index (χ0) is 26.7. The summed E-state index contributed by atoms with van der Waals surface area (Å²) in [5.74, 6) is 0.988. The van der Waals surface area contributed by atoms with Crippen LogP contribution in [0, 0.1) is 44.5 Å². The van der Waals surface area contributed by atoms with Crippen molar-refractivity contribution in [2.45, 2.75) is 26.4 Å². The second-order valence-electron chi connectivity index (χ2n) is 7.78. The standard InChI is InChI=1S/C26H22N3O3.CF3.Y/c1-18-10-12-22(19(2)14-18)32-23-13-11-20(16-27)15-24(23)31-17-26(3,28-4)29-25(30)21-8-6-5-7-9-21;2-1(3)4;/h6-15H,17H2,1-3H3,(H,29,30);;/q2*-1;. The predicted octanol–water partition coefficient (Wildman–Crippen LogP) is 6.55. The maximum Gasteiger partial charge on any atom is 0.338 e. The van der Waals surface area contributed by atoms with Gasteiger partial charge in [0.1, 0.15) is 5.75 Å². The van der Waals surface area contributed by atoms with Gasteiger partial charge in [-0.3, -0.25) is 15.0 Å². The van der Waals surface area contributed by atoms with Crippen LogP contribution < -0.4 is 14.8 Å². The monoisotopic (exact) mass is 582 g/mol. The normalized spacial score (nSPS) is 11.4. The van der Waals surface area contributed by atoms with Gasteiger partial charge in [-0.05, 0) is 37.6 Å². The average Bonchev–Trinajstić information content (AvgIpc) is 2.85. The number of halogens is 3.